The van der Waals surface area contributed by atoms with Crippen molar-refractivity contribution in [3.05, 3.63) is 47.5 Å². The van der Waals surface area contributed by atoms with E-state index in [1.807, 2.05) is 0 Å². The van der Waals surface area contributed by atoms with Crippen molar-refractivity contribution < 1.29 is 37.4 Å². The highest BCUT2D eigenvalue weighted by atomic mass is 32.5. The lowest BCUT2D eigenvalue weighted by atomic mass is 10.1. The van der Waals surface area contributed by atoms with Crippen LogP contribution in [-0.4, -0.2) is 26.5 Å². The number of amides is 1. The first-order valence-electron chi connectivity index (χ1n) is 7.78. The highest BCUT2D eigenvalue weighted by molar-refractivity contribution is 8.45. The number of nitrogens with two attached hydrogens (primary N) is 2. The molecule has 2 aromatic rings. The largest absolute Gasteiger partial charge is 0.456 e. The molecule has 0 aliphatic rings. The van der Waals surface area contributed by atoms with Gasteiger partial charge in [0.05, 0.1) is 0 Å². The summed E-state index contributed by atoms with van der Waals surface area (Å²) >= 11 is 0. The molecular weight excluding hydrogens is 457 g/mol. The molecule has 14 heteroatoms. The maximum Gasteiger partial charge on any atom is 0.310 e. The van der Waals surface area contributed by atoms with E-state index in [9.17, 15) is 32.6 Å². The third-order valence-corrected chi connectivity index (χ3v) is 5.89. The first-order chi connectivity index (χ1) is 13.3. The summed E-state index contributed by atoms with van der Waals surface area (Å²) in [6, 6.07) is 3.77. The quantitative estimate of drug-likeness (QED) is 0.380. The molecule has 0 radical (unpaired) electrons. The molecule has 2 rings (SSSR count). The number of carbonyl (C=O) groups excluding carboxylic acids is 1. The van der Waals surface area contributed by atoms with Crippen LogP contribution in [0.1, 0.15) is 15.9 Å². The molecule has 0 heterocycles. The van der Waals surface area contributed by atoms with E-state index < -0.39 is 53.2 Å². The van der Waals surface area contributed by atoms with Crippen molar-refractivity contribution in [2.75, 3.05) is 6.26 Å². The first-order valence-corrected chi connectivity index (χ1v) is 11.6. The normalized spacial score (nSPS) is 14.4. The zero-order valence-corrected chi connectivity index (χ0v) is 17.0. The molecule has 7 nitrogen and oxygen atoms in total. The summed E-state index contributed by atoms with van der Waals surface area (Å²) in [4.78, 5) is 12.6. The van der Waals surface area contributed by atoms with Crippen molar-refractivity contribution in [1.29, 1.82) is 0 Å². The van der Waals surface area contributed by atoms with Crippen LogP contribution in [0.5, 0.6) is 11.5 Å². The molecule has 0 atom stereocenters. The minimum Gasteiger partial charge on any atom is -0.456 e. The molecule has 0 saturated carbocycles. The molecule has 0 aliphatic carbocycles. The van der Waals surface area contributed by atoms with Gasteiger partial charge in [-0.25, -0.2) is 8.42 Å². The average Bonchev–Trinajstić information content (AvgIpc) is 2.51. The minimum atomic E-state index is -9.98. The fourth-order valence-corrected chi connectivity index (χ4v) is 3.82. The number of guanidine groups is 1. The van der Waals surface area contributed by atoms with Crippen molar-refractivity contribution in [2.24, 2.45) is 16.5 Å². The van der Waals surface area contributed by atoms with Gasteiger partial charge < -0.3 is 16.2 Å². The molecule has 0 saturated heterocycles. The molecule has 1 amide bonds. The Bertz CT molecular complexity index is 1180. The smallest absolute Gasteiger partial charge is 0.310 e. The van der Waals surface area contributed by atoms with E-state index in [2.05, 4.69) is 4.99 Å². The van der Waals surface area contributed by atoms with Crippen LogP contribution < -0.4 is 16.2 Å². The molecule has 2 aromatic carbocycles. The third kappa shape index (κ3) is 5.60. The molecule has 0 unspecified atom stereocenters. The fourth-order valence-electron chi connectivity index (χ4n) is 2.34. The lowest BCUT2D eigenvalue weighted by Crippen LogP contribution is -2.24. The Morgan fingerprint density at radius 1 is 1.07 bits per heavy atom. The van der Waals surface area contributed by atoms with Crippen LogP contribution in [0.4, 0.5) is 19.4 Å². The van der Waals surface area contributed by atoms with Gasteiger partial charge in [0.25, 0.3) is 5.91 Å². The van der Waals surface area contributed by atoms with Crippen molar-refractivity contribution in [1.82, 2.24) is 0 Å². The molecule has 0 aromatic heterocycles. The Balaban J connectivity index is 2.63. The monoisotopic (exact) mass is 473 g/mol. The SMILES string of the molecule is Cc1cc(Oc2cccc(S(F)(F)(F)(F)F)c2)c(S(C)(=O)=O)cc1C(=O)N=C(N)N. The Labute approximate surface area is 168 Å². The van der Waals surface area contributed by atoms with Gasteiger partial charge in [0.15, 0.2) is 15.8 Å². The number of nitrogens with zero attached hydrogens (tertiary/aromatic N) is 1. The van der Waals surface area contributed by atoms with E-state index in [-0.39, 0.29) is 23.3 Å². The summed E-state index contributed by atoms with van der Waals surface area (Å²) < 4.78 is 94.5. The van der Waals surface area contributed by atoms with Crippen LogP contribution in [0.3, 0.4) is 0 Å². The number of hydrogen-bond donors (Lipinski definition) is 2. The summed E-state index contributed by atoms with van der Waals surface area (Å²) in [6.45, 7) is 1.36. The molecule has 30 heavy (non-hydrogen) atoms. The van der Waals surface area contributed by atoms with Gasteiger partial charge in [-0.1, -0.05) is 25.5 Å². The standard InChI is InChI=1S/C16H16F5N3O4S2/c1-9-6-13(14(29(2,26)27)8-12(9)15(25)24-16(22)23)28-10-4-3-5-11(7-10)30(17,18,19,20)21/h3-8H,1-2H3,(H4,22,23,24,25). The Morgan fingerprint density at radius 3 is 2.17 bits per heavy atom. The third-order valence-electron chi connectivity index (χ3n) is 3.63. The van der Waals surface area contributed by atoms with E-state index in [4.69, 9.17) is 16.2 Å². The van der Waals surface area contributed by atoms with Crippen LogP contribution in [0.15, 0.2) is 51.2 Å². The van der Waals surface area contributed by atoms with E-state index in [1.54, 1.807) is 0 Å². The number of aryl methyl sites for hydroxylation is 1. The predicted octanol–water partition coefficient (Wildman–Crippen LogP) is 4.26. The van der Waals surface area contributed by atoms with Crippen molar-refractivity contribution in [2.45, 2.75) is 16.7 Å². The summed E-state index contributed by atoms with van der Waals surface area (Å²) in [5, 5.41) is 0. The number of sulfone groups is 1. The Kier molecular flexibility index (Phi) is 5.12. The van der Waals surface area contributed by atoms with E-state index >= 15 is 0 Å². The first kappa shape index (κ1) is 23.4. The second-order valence-corrected chi connectivity index (χ2v) is 10.7. The van der Waals surface area contributed by atoms with Crippen LogP contribution in [0.25, 0.3) is 0 Å². The highest BCUT2D eigenvalue weighted by Crippen LogP contribution is 3.02. The highest BCUT2D eigenvalue weighted by Gasteiger charge is 2.65. The zero-order valence-electron chi connectivity index (χ0n) is 15.4. The van der Waals surface area contributed by atoms with Gasteiger partial charge >= 0.3 is 10.2 Å². The number of benzene rings is 2. The fraction of sp³-hybridized carbons (Fsp3) is 0.125. The Hall–Kier alpha value is -2.87. The number of rotatable bonds is 5. The van der Waals surface area contributed by atoms with E-state index in [0.717, 1.165) is 24.5 Å². The molecule has 0 spiro atoms. The molecule has 0 aliphatic heterocycles. The van der Waals surface area contributed by atoms with Crippen molar-refractivity contribution >= 4 is 31.9 Å². The Morgan fingerprint density at radius 2 is 1.67 bits per heavy atom. The number of ether oxygens (including phenoxy) is 1. The number of halogens is 5. The second-order valence-electron chi connectivity index (χ2n) is 6.27. The molecule has 0 fully saturated rings. The number of hydrogen-bond acceptors (Lipinski definition) is 4. The topological polar surface area (TPSA) is 125 Å². The maximum atomic E-state index is 13.0. The van der Waals surface area contributed by atoms with Gasteiger partial charge in [-0.2, -0.15) is 4.99 Å². The molecule has 0 bridgehead atoms. The average molecular weight is 473 g/mol. The van der Waals surface area contributed by atoms with E-state index in [0.29, 0.717) is 6.07 Å². The zero-order chi connectivity index (χ0) is 23.2. The van der Waals surface area contributed by atoms with Gasteiger partial charge in [-0.3, -0.25) is 4.79 Å². The van der Waals surface area contributed by atoms with Gasteiger partial charge in [0.2, 0.25) is 0 Å². The summed E-state index contributed by atoms with van der Waals surface area (Å²) in [5.41, 5.74) is 10.2. The van der Waals surface area contributed by atoms with Gasteiger partial charge in [0, 0.05) is 17.9 Å². The summed E-state index contributed by atoms with van der Waals surface area (Å²) in [6.07, 6.45) is 0.754. The lowest BCUT2D eigenvalue weighted by molar-refractivity contribution is 0.100. The van der Waals surface area contributed by atoms with Crippen LogP contribution in [0, 0.1) is 6.92 Å². The van der Waals surface area contributed by atoms with Crippen molar-refractivity contribution in [3.8, 4) is 11.5 Å². The lowest BCUT2D eigenvalue weighted by Gasteiger charge is -2.40. The van der Waals surface area contributed by atoms with Crippen LogP contribution in [0.2, 0.25) is 0 Å². The minimum absolute atomic E-state index is 0.0570. The van der Waals surface area contributed by atoms with E-state index in [1.165, 1.54) is 6.92 Å². The number of carbonyl (C=O) groups is 1. The molecular formula is C16H16F5N3O4S2. The van der Waals surface area contributed by atoms with Gasteiger partial charge in [-0.05, 0) is 36.8 Å². The maximum absolute atomic E-state index is 13.0. The molecule has 166 valence electrons. The van der Waals surface area contributed by atoms with Crippen LogP contribution >= 0.6 is 10.2 Å². The van der Waals surface area contributed by atoms with Crippen LogP contribution in [-0.2, 0) is 9.84 Å². The van der Waals surface area contributed by atoms with Gasteiger partial charge in [0.1, 0.15) is 21.3 Å². The second kappa shape index (κ2) is 6.57. The summed E-state index contributed by atoms with van der Waals surface area (Å²) in [7, 11) is -14.0. The van der Waals surface area contributed by atoms with Crippen molar-refractivity contribution in [3.63, 3.8) is 0 Å². The predicted molar refractivity (Wildman–Crippen MR) is 102 cm³/mol. The van der Waals surface area contributed by atoms with Gasteiger partial charge in [-0.15, -0.1) is 0 Å². The number of aliphatic imine (C=N–C) groups is 1. The summed E-state index contributed by atoms with van der Waals surface area (Å²) in [5.74, 6) is -2.70. The molecule has 4 N–H and O–H groups in total.